The Morgan fingerprint density at radius 3 is 2.40 bits per heavy atom. The molecule has 84 valence electrons. The smallest absolute Gasteiger partial charge is 0.254 e. The summed E-state index contributed by atoms with van der Waals surface area (Å²) in [5.41, 5.74) is -0.815. The van der Waals surface area contributed by atoms with E-state index >= 15 is 0 Å². The highest BCUT2D eigenvalue weighted by molar-refractivity contribution is 7.89. The number of hydrogen-bond acceptors (Lipinski definition) is 4. The lowest BCUT2D eigenvalue weighted by Gasteiger charge is -2.01. The van der Waals surface area contributed by atoms with Crippen LogP contribution in [0.15, 0.2) is 11.0 Å². The number of imidazole rings is 1. The quantitative estimate of drug-likeness (QED) is 0.712. The third kappa shape index (κ3) is 1.98. The van der Waals surface area contributed by atoms with Crippen LogP contribution in [0.1, 0.15) is 12.6 Å². The number of nitrogens with zero attached hydrogens (tertiary/aromatic N) is 2. The highest BCUT2D eigenvalue weighted by Crippen LogP contribution is 2.02. The standard InChI is InChI=1S/C7H9ClN2O4S/c1-3-15(13,14)10-5(2)4-9(6(8)11)7(10)12/h4H,3H2,1-2H3. The van der Waals surface area contributed by atoms with Crippen molar-refractivity contribution in [3.05, 3.63) is 22.4 Å². The molecule has 15 heavy (non-hydrogen) atoms. The zero-order chi connectivity index (χ0) is 11.8. The molecule has 0 unspecified atom stereocenters. The van der Waals surface area contributed by atoms with Crippen molar-refractivity contribution in [2.75, 3.05) is 5.75 Å². The Balaban J connectivity index is 3.60. The average molecular weight is 253 g/mol. The van der Waals surface area contributed by atoms with E-state index in [1.54, 1.807) is 0 Å². The van der Waals surface area contributed by atoms with Gasteiger partial charge in [-0.1, -0.05) is 0 Å². The Morgan fingerprint density at radius 2 is 2.07 bits per heavy atom. The number of hydrogen-bond donors (Lipinski definition) is 0. The van der Waals surface area contributed by atoms with Crippen molar-refractivity contribution in [3.8, 4) is 0 Å². The second kappa shape index (κ2) is 3.82. The molecule has 0 saturated carbocycles. The minimum Gasteiger partial charge on any atom is -0.254 e. The molecule has 0 spiro atoms. The first-order valence-corrected chi connectivity index (χ1v) is 6.04. The summed E-state index contributed by atoms with van der Waals surface area (Å²) < 4.78 is 24.1. The lowest BCUT2D eigenvalue weighted by molar-refractivity contribution is 0.260. The van der Waals surface area contributed by atoms with Gasteiger partial charge in [-0.25, -0.2) is 17.8 Å². The maximum atomic E-state index is 11.5. The van der Waals surface area contributed by atoms with Gasteiger partial charge >= 0.3 is 11.1 Å². The van der Waals surface area contributed by atoms with E-state index in [1.807, 2.05) is 0 Å². The minimum absolute atomic E-state index is 0.149. The van der Waals surface area contributed by atoms with Crippen LogP contribution in [0.2, 0.25) is 0 Å². The molecule has 0 aliphatic carbocycles. The van der Waals surface area contributed by atoms with Crippen molar-refractivity contribution in [2.45, 2.75) is 13.8 Å². The molecule has 0 atom stereocenters. The van der Waals surface area contributed by atoms with Gasteiger partial charge in [0, 0.05) is 6.20 Å². The molecule has 0 saturated heterocycles. The van der Waals surface area contributed by atoms with Gasteiger partial charge in [-0.05, 0) is 25.4 Å². The molecule has 1 rings (SSSR count). The number of aryl methyl sites for hydroxylation is 1. The van der Waals surface area contributed by atoms with Crippen molar-refractivity contribution in [3.63, 3.8) is 0 Å². The molecule has 6 nitrogen and oxygen atoms in total. The van der Waals surface area contributed by atoms with Crippen LogP contribution in [0.25, 0.3) is 0 Å². The summed E-state index contributed by atoms with van der Waals surface area (Å²) in [7, 11) is -3.70. The van der Waals surface area contributed by atoms with E-state index in [0.29, 0.717) is 8.54 Å². The molecule has 0 radical (unpaired) electrons. The molecular weight excluding hydrogens is 244 g/mol. The summed E-state index contributed by atoms with van der Waals surface area (Å²) >= 11 is 5.10. The second-order valence-corrected chi connectivity index (χ2v) is 5.27. The summed E-state index contributed by atoms with van der Waals surface area (Å²) in [6.45, 7) is 2.81. The zero-order valence-corrected chi connectivity index (χ0v) is 9.67. The van der Waals surface area contributed by atoms with Crippen molar-refractivity contribution >= 4 is 27.0 Å². The molecule has 0 aliphatic rings. The van der Waals surface area contributed by atoms with Crippen molar-refractivity contribution in [2.24, 2.45) is 0 Å². The van der Waals surface area contributed by atoms with Crippen molar-refractivity contribution in [1.82, 2.24) is 8.54 Å². The fourth-order valence-electron chi connectivity index (χ4n) is 1.14. The maximum absolute atomic E-state index is 11.5. The summed E-state index contributed by atoms with van der Waals surface area (Å²) in [6.07, 6.45) is 1.09. The van der Waals surface area contributed by atoms with Crippen LogP contribution in [0.4, 0.5) is 4.79 Å². The van der Waals surface area contributed by atoms with Crippen LogP contribution in [-0.2, 0) is 10.0 Å². The highest BCUT2D eigenvalue weighted by Gasteiger charge is 2.20. The third-order valence-electron chi connectivity index (χ3n) is 1.85. The van der Waals surface area contributed by atoms with E-state index in [2.05, 4.69) is 0 Å². The largest absolute Gasteiger partial charge is 0.350 e. The predicted octanol–water partition coefficient (Wildman–Crippen LogP) is 0.363. The number of rotatable bonds is 2. The molecule has 0 fully saturated rings. The molecule has 8 heteroatoms. The Bertz CT molecular complexity index is 554. The third-order valence-corrected chi connectivity index (χ3v) is 3.76. The van der Waals surface area contributed by atoms with Gasteiger partial charge in [-0.3, -0.25) is 4.79 Å². The molecule has 1 heterocycles. The van der Waals surface area contributed by atoms with E-state index < -0.39 is 21.1 Å². The van der Waals surface area contributed by atoms with Crippen LogP contribution in [0.5, 0.6) is 0 Å². The highest BCUT2D eigenvalue weighted by atomic mass is 35.5. The van der Waals surface area contributed by atoms with Gasteiger partial charge in [0.15, 0.2) is 0 Å². The van der Waals surface area contributed by atoms with E-state index in [0.717, 1.165) is 6.20 Å². The van der Waals surface area contributed by atoms with Crippen LogP contribution in [0.3, 0.4) is 0 Å². The topological polar surface area (TPSA) is 78.1 Å². The first kappa shape index (κ1) is 12.0. The lowest BCUT2D eigenvalue weighted by Crippen LogP contribution is -2.32. The first-order chi connectivity index (χ1) is 6.81. The molecule has 0 aromatic carbocycles. The SMILES string of the molecule is CCS(=O)(=O)n1c(C)cn(C(=O)Cl)c1=O. The van der Waals surface area contributed by atoms with Crippen LogP contribution >= 0.6 is 11.6 Å². The van der Waals surface area contributed by atoms with Crippen molar-refractivity contribution in [1.29, 1.82) is 0 Å². The average Bonchev–Trinajstić information content (AvgIpc) is 2.42. The Hall–Kier alpha value is -1.08. The van der Waals surface area contributed by atoms with Gasteiger partial charge in [-0.2, -0.15) is 3.97 Å². The van der Waals surface area contributed by atoms with Crippen LogP contribution in [0, 0.1) is 6.92 Å². The first-order valence-electron chi connectivity index (χ1n) is 4.05. The van der Waals surface area contributed by atoms with Crippen LogP contribution < -0.4 is 5.69 Å². The maximum Gasteiger partial charge on any atom is 0.350 e. The fraction of sp³-hybridized carbons (Fsp3) is 0.429. The summed E-state index contributed by atoms with van der Waals surface area (Å²) in [5, 5.41) is -1.03. The molecular formula is C7H9ClN2O4S. The zero-order valence-electron chi connectivity index (χ0n) is 8.10. The molecule has 1 aromatic rings. The van der Waals surface area contributed by atoms with E-state index in [1.165, 1.54) is 13.8 Å². The molecule has 0 bridgehead atoms. The fourth-order valence-corrected chi connectivity index (χ4v) is 2.33. The molecule has 1 aromatic heterocycles. The van der Waals surface area contributed by atoms with Gasteiger partial charge in [0.25, 0.3) is 0 Å². The second-order valence-electron chi connectivity index (χ2n) is 2.84. The van der Waals surface area contributed by atoms with Gasteiger partial charge in [0.2, 0.25) is 10.0 Å². The molecule has 0 N–H and O–H groups in total. The van der Waals surface area contributed by atoms with E-state index in [4.69, 9.17) is 11.6 Å². The summed E-state index contributed by atoms with van der Waals surface area (Å²) in [6, 6.07) is 0. The monoisotopic (exact) mass is 252 g/mol. The van der Waals surface area contributed by atoms with Crippen LogP contribution in [-0.4, -0.2) is 28.1 Å². The number of aromatic nitrogens is 2. The van der Waals surface area contributed by atoms with E-state index in [9.17, 15) is 18.0 Å². The Labute approximate surface area is 91.1 Å². The lowest BCUT2D eigenvalue weighted by atomic mass is 10.6. The van der Waals surface area contributed by atoms with Gasteiger partial charge in [0.1, 0.15) is 0 Å². The number of carbonyl (C=O) groups is 1. The van der Waals surface area contributed by atoms with Crippen molar-refractivity contribution < 1.29 is 13.2 Å². The Morgan fingerprint density at radius 1 is 1.53 bits per heavy atom. The molecule has 0 aliphatic heterocycles. The summed E-state index contributed by atoms with van der Waals surface area (Å²) in [5.74, 6) is -0.228. The van der Waals surface area contributed by atoms with E-state index in [-0.39, 0.29) is 11.4 Å². The molecule has 0 amide bonds. The summed E-state index contributed by atoms with van der Waals surface area (Å²) in [4.78, 5) is 22.2. The predicted molar refractivity (Wildman–Crippen MR) is 54.9 cm³/mol. The number of halogens is 1. The minimum atomic E-state index is -3.70. The van der Waals surface area contributed by atoms with Gasteiger partial charge < -0.3 is 0 Å². The normalized spacial score (nSPS) is 11.7. The Kier molecular flexibility index (Phi) is 3.05. The van der Waals surface area contributed by atoms with Gasteiger partial charge in [-0.15, -0.1) is 0 Å². The number of carbonyl (C=O) groups excluding carboxylic acids is 1. The van der Waals surface area contributed by atoms with Gasteiger partial charge in [0.05, 0.1) is 11.4 Å².